The number of hydrogen-bond acceptors (Lipinski definition) is 8. The van der Waals surface area contributed by atoms with Crippen LogP contribution in [0.5, 0.6) is 5.88 Å². The van der Waals surface area contributed by atoms with Gasteiger partial charge in [-0.2, -0.15) is 0 Å². The maximum atomic E-state index is 12.2. The van der Waals surface area contributed by atoms with Crippen LogP contribution in [-0.2, 0) is 17.8 Å². The molecule has 174 valence electrons. The second-order valence-electron chi connectivity index (χ2n) is 7.54. The van der Waals surface area contributed by atoms with E-state index in [1.54, 1.807) is 39.7 Å². The molecule has 34 heavy (non-hydrogen) atoms. The van der Waals surface area contributed by atoms with Crippen molar-refractivity contribution in [3.8, 4) is 17.1 Å². The van der Waals surface area contributed by atoms with Crippen LogP contribution >= 0.6 is 0 Å². The molecule has 0 aliphatic heterocycles. The summed E-state index contributed by atoms with van der Waals surface area (Å²) in [6, 6.07) is 11.5. The summed E-state index contributed by atoms with van der Waals surface area (Å²) in [4.78, 5) is 29.8. The highest BCUT2D eigenvalue weighted by atomic mass is 16.5. The van der Waals surface area contributed by atoms with Crippen LogP contribution in [0.25, 0.3) is 22.2 Å². The molecule has 0 unspecified atom stereocenters. The van der Waals surface area contributed by atoms with Gasteiger partial charge in [0.05, 0.1) is 30.5 Å². The molecule has 0 saturated heterocycles. The normalized spacial score (nSPS) is 10.8. The molecule has 1 amide bonds. The molecular weight excluding hydrogens is 432 g/mol. The van der Waals surface area contributed by atoms with Crippen molar-refractivity contribution < 1.29 is 14.3 Å². The van der Waals surface area contributed by atoms with Gasteiger partial charge in [0, 0.05) is 55.7 Å². The molecule has 3 aromatic heterocycles. The topological polar surface area (TPSA) is 111 Å². The number of benzene rings is 1. The Hall–Kier alpha value is -4.11. The number of nitrogens with one attached hydrogen (secondary N) is 2. The molecule has 4 rings (SSSR count). The number of ether oxygens (including phenoxy) is 2. The summed E-state index contributed by atoms with van der Waals surface area (Å²) in [6.07, 6.45) is 5.62. The van der Waals surface area contributed by atoms with Gasteiger partial charge in [0.15, 0.2) is 0 Å². The van der Waals surface area contributed by atoms with Crippen molar-refractivity contribution >= 4 is 22.6 Å². The number of nitrogens with zero attached hydrogens (tertiary/aromatic N) is 4. The molecule has 3 heterocycles. The number of amides is 1. The number of carbonyl (C=O) groups is 1. The van der Waals surface area contributed by atoms with Gasteiger partial charge >= 0.3 is 0 Å². The average molecular weight is 459 g/mol. The maximum absolute atomic E-state index is 12.2. The van der Waals surface area contributed by atoms with Crippen LogP contribution in [0, 0.1) is 0 Å². The van der Waals surface area contributed by atoms with E-state index in [-0.39, 0.29) is 5.91 Å². The maximum Gasteiger partial charge on any atom is 0.251 e. The molecule has 0 bridgehead atoms. The van der Waals surface area contributed by atoms with E-state index in [0.29, 0.717) is 36.8 Å². The molecule has 0 aliphatic carbocycles. The number of rotatable bonds is 9. The van der Waals surface area contributed by atoms with E-state index in [1.807, 2.05) is 30.3 Å². The molecule has 0 atom stereocenters. The number of hydrogen-bond donors (Lipinski definition) is 2. The summed E-state index contributed by atoms with van der Waals surface area (Å²) in [5, 5.41) is 6.87. The first kappa shape index (κ1) is 23.1. The van der Waals surface area contributed by atoms with Gasteiger partial charge < -0.3 is 20.1 Å². The molecule has 0 radical (unpaired) electrons. The lowest BCUT2D eigenvalue weighted by atomic mass is 10.0. The second-order valence-corrected chi connectivity index (χ2v) is 7.54. The first-order valence-corrected chi connectivity index (χ1v) is 10.8. The van der Waals surface area contributed by atoms with Crippen LogP contribution in [0.3, 0.4) is 0 Å². The van der Waals surface area contributed by atoms with Gasteiger partial charge in [-0.25, -0.2) is 15.0 Å². The molecule has 0 fully saturated rings. The van der Waals surface area contributed by atoms with Crippen LogP contribution in [0.2, 0.25) is 0 Å². The SMILES string of the molecule is CNC(=O)c1ccnc2c(CCNc3cc(-c4cnc(OC)c(COC)c4)ncn3)cccc12. The Kier molecular flexibility index (Phi) is 7.24. The van der Waals surface area contributed by atoms with Gasteiger partial charge in [0.1, 0.15) is 12.1 Å². The molecule has 4 aromatic rings. The number of methoxy groups -OCH3 is 2. The van der Waals surface area contributed by atoms with E-state index in [9.17, 15) is 4.79 Å². The molecule has 2 N–H and O–H groups in total. The van der Waals surface area contributed by atoms with Crippen LogP contribution in [0.1, 0.15) is 21.5 Å². The van der Waals surface area contributed by atoms with E-state index in [4.69, 9.17) is 9.47 Å². The summed E-state index contributed by atoms with van der Waals surface area (Å²) in [7, 11) is 4.83. The fraction of sp³-hybridized carbons (Fsp3) is 0.240. The summed E-state index contributed by atoms with van der Waals surface area (Å²) in [5.74, 6) is 1.10. The lowest BCUT2D eigenvalue weighted by molar-refractivity contribution is 0.0964. The van der Waals surface area contributed by atoms with Gasteiger partial charge in [-0.15, -0.1) is 0 Å². The Morgan fingerprint density at radius 2 is 1.91 bits per heavy atom. The van der Waals surface area contributed by atoms with Crippen LogP contribution in [0.15, 0.2) is 55.1 Å². The number of pyridine rings is 2. The van der Waals surface area contributed by atoms with E-state index in [2.05, 4.69) is 30.6 Å². The molecule has 9 nitrogen and oxygen atoms in total. The summed E-state index contributed by atoms with van der Waals surface area (Å²) in [5.41, 5.74) is 4.92. The predicted octanol–water partition coefficient (Wildman–Crippen LogP) is 3.26. The summed E-state index contributed by atoms with van der Waals surface area (Å²) in [6.45, 7) is 1.03. The highest BCUT2D eigenvalue weighted by Gasteiger charge is 2.12. The van der Waals surface area contributed by atoms with Crippen molar-refractivity contribution in [3.05, 3.63) is 71.8 Å². The van der Waals surface area contributed by atoms with Crippen LogP contribution < -0.4 is 15.4 Å². The predicted molar refractivity (Wildman–Crippen MR) is 130 cm³/mol. The van der Waals surface area contributed by atoms with Gasteiger partial charge in [-0.1, -0.05) is 18.2 Å². The van der Waals surface area contributed by atoms with Gasteiger partial charge in [-0.3, -0.25) is 9.78 Å². The number of para-hydroxylation sites is 1. The number of fused-ring (bicyclic) bond motifs is 1. The number of carbonyl (C=O) groups excluding carboxylic acids is 1. The lowest BCUT2D eigenvalue weighted by Gasteiger charge is -2.11. The van der Waals surface area contributed by atoms with E-state index in [0.717, 1.165) is 33.3 Å². The van der Waals surface area contributed by atoms with E-state index >= 15 is 0 Å². The standard InChI is InChI=1S/C25H26N6O3/c1-26-24(32)20-8-10-28-23-16(5-4-6-19(20)23)7-9-27-22-12-21(30-15-31-22)17-11-18(14-33-2)25(34-3)29-13-17/h4-6,8,10-13,15H,7,9,14H2,1-3H3,(H,26,32)(H,27,30,31). The quantitative estimate of drug-likeness (QED) is 0.393. The smallest absolute Gasteiger partial charge is 0.251 e. The van der Waals surface area contributed by atoms with Gasteiger partial charge in [-0.05, 0) is 24.1 Å². The van der Waals surface area contributed by atoms with E-state index in [1.165, 1.54) is 6.33 Å². The fourth-order valence-corrected chi connectivity index (χ4v) is 3.79. The minimum absolute atomic E-state index is 0.127. The van der Waals surface area contributed by atoms with E-state index < -0.39 is 0 Å². The molecule has 1 aromatic carbocycles. The van der Waals surface area contributed by atoms with Crippen LogP contribution in [0.4, 0.5) is 5.82 Å². The Bertz CT molecular complexity index is 1310. The summed E-state index contributed by atoms with van der Waals surface area (Å²) < 4.78 is 10.5. The Labute approximate surface area is 197 Å². The first-order chi connectivity index (χ1) is 16.6. The van der Waals surface area contributed by atoms with Gasteiger partial charge in [0.2, 0.25) is 5.88 Å². The minimum atomic E-state index is -0.127. The van der Waals surface area contributed by atoms with Crippen LogP contribution in [-0.4, -0.2) is 53.7 Å². The first-order valence-electron chi connectivity index (χ1n) is 10.8. The Morgan fingerprint density at radius 1 is 1.03 bits per heavy atom. The molecule has 9 heteroatoms. The zero-order valence-electron chi connectivity index (χ0n) is 19.3. The third kappa shape index (κ3) is 4.94. The third-order valence-electron chi connectivity index (χ3n) is 5.41. The second kappa shape index (κ2) is 10.7. The third-order valence-corrected chi connectivity index (χ3v) is 5.41. The Morgan fingerprint density at radius 3 is 2.71 bits per heavy atom. The van der Waals surface area contributed by atoms with Crippen molar-refractivity contribution in [1.29, 1.82) is 0 Å². The molecule has 0 aliphatic rings. The van der Waals surface area contributed by atoms with Crippen molar-refractivity contribution in [1.82, 2.24) is 25.3 Å². The van der Waals surface area contributed by atoms with Crippen molar-refractivity contribution in [3.63, 3.8) is 0 Å². The van der Waals surface area contributed by atoms with Crippen molar-refractivity contribution in [2.45, 2.75) is 13.0 Å². The molecule has 0 spiro atoms. The average Bonchev–Trinajstić information content (AvgIpc) is 2.88. The van der Waals surface area contributed by atoms with Crippen molar-refractivity contribution in [2.24, 2.45) is 0 Å². The zero-order valence-corrected chi connectivity index (χ0v) is 19.3. The number of anilines is 1. The molecule has 0 saturated carbocycles. The highest BCUT2D eigenvalue weighted by molar-refractivity contribution is 6.06. The van der Waals surface area contributed by atoms with Gasteiger partial charge in [0.25, 0.3) is 5.91 Å². The van der Waals surface area contributed by atoms with Crippen molar-refractivity contribution in [2.75, 3.05) is 33.1 Å². The summed E-state index contributed by atoms with van der Waals surface area (Å²) >= 11 is 0. The zero-order chi connectivity index (χ0) is 23.9. The monoisotopic (exact) mass is 458 g/mol. The minimum Gasteiger partial charge on any atom is -0.481 e. The highest BCUT2D eigenvalue weighted by Crippen LogP contribution is 2.25. The number of aromatic nitrogens is 4. The largest absolute Gasteiger partial charge is 0.481 e. The molecular formula is C25H26N6O3. The lowest BCUT2D eigenvalue weighted by Crippen LogP contribution is -2.18. The Balaban J connectivity index is 1.50. The fourth-order valence-electron chi connectivity index (χ4n) is 3.79.